The number of aromatic amines is 1. The van der Waals surface area contributed by atoms with E-state index in [2.05, 4.69) is 22.2 Å². The van der Waals surface area contributed by atoms with Crippen LogP contribution in [0.1, 0.15) is 6.92 Å². The molecular formula is C13H19N3OS. The lowest BCUT2D eigenvalue weighted by Gasteiger charge is -2.15. The van der Waals surface area contributed by atoms with Crippen LogP contribution in [0.4, 0.5) is 0 Å². The monoisotopic (exact) mass is 265 g/mol. The Balaban J connectivity index is 1.95. The molecule has 2 aromatic rings. The number of para-hydroxylation sites is 2. The van der Waals surface area contributed by atoms with Crippen LogP contribution in [-0.4, -0.2) is 42.0 Å². The minimum absolute atomic E-state index is 0.359. The summed E-state index contributed by atoms with van der Waals surface area (Å²) in [6, 6.07) is 8.44. The van der Waals surface area contributed by atoms with Gasteiger partial charge in [-0.05, 0) is 18.7 Å². The minimum atomic E-state index is 0.359. The van der Waals surface area contributed by atoms with Gasteiger partial charge in [0, 0.05) is 18.9 Å². The van der Waals surface area contributed by atoms with Gasteiger partial charge in [-0.25, -0.2) is 4.98 Å². The van der Waals surface area contributed by atoms with Crippen molar-refractivity contribution in [1.29, 1.82) is 0 Å². The number of hydrogen-bond donors (Lipinski definition) is 2. The van der Waals surface area contributed by atoms with E-state index in [0.29, 0.717) is 6.04 Å². The van der Waals surface area contributed by atoms with Gasteiger partial charge in [-0.1, -0.05) is 30.8 Å². The zero-order valence-corrected chi connectivity index (χ0v) is 11.6. The Labute approximate surface area is 112 Å². The Morgan fingerprint density at radius 3 is 3.00 bits per heavy atom. The number of H-pyrrole nitrogens is 1. The van der Waals surface area contributed by atoms with Crippen LogP contribution in [0, 0.1) is 0 Å². The summed E-state index contributed by atoms with van der Waals surface area (Å²) in [6.45, 7) is 3.78. The average Bonchev–Trinajstić information content (AvgIpc) is 2.79. The topological polar surface area (TPSA) is 49.9 Å². The van der Waals surface area contributed by atoms with E-state index in [1.54, 1.807) is 18.9 Å². The molecule has 0 radical (unpaired) electrons. The molecule has 0 spiro atoms. The molecule has 0 aliphatic heterocycles. The first kappa shape index (κ1) is 13.4. The maximum absolute atomic E-state index is 5.20. The first-order chi connectivity index (χ1) is 8.83. The Hall–Kier alpha value is -1.04. The molecule has 0 bridgehead atoms. The quantitative estimate of drug-likeness (QED) is 0.754. The molecule has 0 fully saturated rings. The molecule has 0 saturated carbocycles. The lowest BCUT2D eigenvalue weighted by Crippen LogP contribution is -2.35. The fourth-order valence-corrected chi connectivity index (χ4v) is 2.75. The lowest BCUT2D eigenvalue weighted by molar-refractivity contribution is 0.174. The lowest BCUT2D eigenvalue weighted by atomic mass is 10.3. The fourth-order valence-electron chi connectivity index (χ4n) is 1.83. The smallest absolute Gasteiger partial charge is 0.166 e. The highest BCUT2D eigenvalue weighted by Crippen LogP contribution is 2.19. The summed E-state index contributed by atoms with van der Waals surface area (Å²) in [5.74, 6) is 0.946. The number of imidazole rings is 1. The summed E-state index contributed by atoms with van der Waals surface area (Å²) >= 11 is 1.72. The van der Waals surface area contributed by atoms with Crippen molar-refractivity contribution in [1.82, 2.24) is 15.3 Å². The third-order valence-corrected chi connectivity index (χ3v) is 3.69. The predicted octanol–water partition coefficient (Wildman–Crippen LogP) is 2.28. The number of nitrogens with one attached hydrogen (secondary N) is 2. The molecule has 0 saturated heterocycles. The van der Waals surface area contributed by atoms with Gasteiger partial charge in [-0.3, -0.25) is 0 Å². The van der Waals surface area contributed by atoms with Gasteiger partial charge in [0.05, 0.1) is 17.6 Å². The number of rotatable bonds is 7. The zero-order valence-electron chi connectivity index (χ0n) is 10.8. The molecule has 1 atom stereocenters. The summed E-state index contributed by atoms with van der Waals surface area (Å²) in [5.41, 5.74) is 2.11. The van der Waals surface area contributed by atoms with Crippen molar-refractivity contribution >= 4 is 22.8 Å². The number of fused-ring (bicyclic) bond motifs is 1. The normalized spacial score (nSPS) is 13.0. The molecule has 18 heavy (non-hydrogen) atoms. The predicted molar refractivity (Wildman–Crippen MR) is 76.2 cm³/mol. The fraction of sp³-hybridized carbons (Fsp3) is 0.462. The molecule has 1 unspecified atom stereocenters. The van der Waals surface area contributed by atoms with E-state index in [1.807, 2.05) is 24.3 Å². The minimum Gasteiger partial charge on any atom is -0.383 e. The highest BCUT2D eigenvalue weighted by molar-refractivity contribution is 7.99. The molecule has 1 heterocycles. The molecule has 2 N–H and O–H groups in total. The van der Waals surface area contributed by atoms with Crippen LogP contribution < -0.4 is 5.32 Å². The van der Waals surface area contributed by atoms with Crippen molar-refractivity contribution in [3.63, 3.8) is 0 Å². The van der Waals surface area contributed by atoms with Crippen LogP contribution in [0.3, 0.4) is 0 Å². The number of benzene rings is 1. The van der Waals surface area contributed by atoms with Gasteiger partial charge in [0.15, 0.2) is 5.16 Å². The summed E-state index contributed by atoms with van der Waals surface area (Å²) in [7, 11) is 1.73. The standard InChI is InChI=1S/C13H19N3OS/c1-3-14-10(8-17-2)9-18-13-15-11-6-4-5-7-12(11)16-13/h4-7,10,14H,3,8-9H2,1-2H3,(H,15,16). The van der Waals surface area contributed by atoms with Gasteiger partial charge < -0.3 is 15.0 Å². The number of hydrogen-bond acceptors (Lipinski definition) is 4. The maximum Gasteiger partial charge on any atom is 0.166 e. The van der Waals surface area contributed by atoms with E-state index >= 15 is 0 Å². The molecule has 5 heteroatoms. The summed E-state index contributed by atoms with van der Waals surface area (Å²) in [6.07, 6.45) is 0. The zero-order chi connectivity index (χ0) is 12.8. The first-order valence-electron chi connectivity index (χ1n) is 6.13. The number of thioether (sulfide) groups is 1. The third-order valence-electron chi connectivity index (χ3n) is 2.65. The van der Waals surface area contributed by atoms with E-state index in [9.17, 15) is 0 Å². The van der Waals surface area contributed by atoms with Gasteiger partial charge in [-0.2, -0.15) is 0 Å². The number of ether oxygens (including phenoxy) is 1. The second-order valence-electron chi connectivity index (χ2n) is 4.08. The van der Waals surface area contributed by atoms with Crippen molar-refractivity contribution in [2.75, 3.05) is 26.0 Å². The molecule has 2 rings (SSSR count). The van der Waals surface area contributed by atoms with Crippen molar-refractivity contribution in [2.24, 2.45) is 0 Å². The van der Waals surface area contributed by atoms with E-state index < -0.39 is 0 Å². The van der Waals surface area contributed by atoms with Crippen LogP contribution >= 0.6 is 11.8 Å². The third kappa shape index (κ3) is 3.48. The Bertz CT molecular complexity index is 447. The van der Waals surface area contributed by atoms with E-state index in [1.165, 1.54) is 0 Å². The van der Waals surface area contributed by atoms with Gasteiger partial charge in [0.2, 0.25) is 0 Å². The van der Waals surface area contributed by atoms with Crippen LogP contribution in [0.5, 0.6) is 0 Å². The second-order valence-corrected chi connectivity index (χ2v) is 5.09. The number of nitrogens with zero attached hydrogens (tertiary/aromatic N) is 1. The highest BCUT2D eigenvalue weighted by atomic mass is 32.2. The van der Waals surface area contributed by atoms with E-state index in [-0.39, 0.29) is 0 Å². The molecule has 98 valence electrons. The number of likely N-dealkylation sites (N-methyl/N-ethyl adjacent to an activating group) is 1. The molecule has 4 nitrogen and oxygen atoms in total. The van der Waals surface area contributed by atoms with Crippen molar-refractivity contribution in [3.8, 4) is 0 Å². The molecular weight excluding hydrogens is 246 g/mol. The summed E-state index contributed by atoms with van der Waals surface area (Å²) < 4.78 is 5.20. The van der Waals surface area contributed by atoms with Gasteiger partial charge in [0.1, 0.15) is 0 Å². The maximum atomic E-state index is 5.20. The van der Waals surface area contributed by atoms with Crippen LogP contribution in [0.2, 0.25) is 0 Å². The van der Waals surface area contributed by atoms with Gasteiger partial charge in [0.25, 0.3) is 0 Å². The van der Waals surface area contributed by atoms with Crippen molar-refractivity contribution in [3.05, 3.63) is 24.3 Å². The first-order valence-corrected chi connectivity index (χ1v) is 7.12. The Kier molecular flexibility index (Phi) is 5.04. The molecule has 0 aliphatic rings. The van der Waals surface area contributed by atoms with Crippen LogP contribution in [0.25, 0.3) is 11.0 Å². The molecule has 1 aromatic heterocycles. The molecule has 0 amide bonds. The number of methoxy groups -OCH3 is 1. The van der Waals surface area contributed by atoms with Crippen molar-refractivity contribution < 1.29 is 4.74 Å². The molecule has 0 aliphatic carbocycles. The van der Waals surface area contributed by atoms with Gasteiger partial charge in [-0.15, -0.1) is 0 Å². The average molecular weight is 265 g/mol. The Morgan fingerprint density at radius 2 is 2.28 bits per heavy atom. The van der Waals surface area contributed by atoms with Crippen LogP contribution in [-0.2, 0) is 4.74 Å². The van der Waals surface area contributed by atoms with E-state index in [0.717, 1.165) is 35.1 Å². The van der Waals surface area contributed by atoms with Crippen molar-refractivity contribution in [2.45, 2.75) is 18.1 Å². The molecule has 1 aromatic carbocycles. The SMILES string of the molecule is CCNC(COC)CSc1nc2ccccc2[nH]1. The summed E-state index contributed by atoms with van der Waals surface area (Å²) in [5, 5.41) is 4.37. The van der Waals surface area contributed by atoms with Crippen LogP contribution in [0.15, 0.2) is 29.4 Å². The second kappa shape index (κ2) is 6.78. The highest BCUT2D eigenvalue weighted by Gasteiger charge is 2.09. The largest absolute Gasteiger partial charge is 0.383 e. The summed E-state index contributed by atoms with van der Waals surface area (Å²) in [4.78, 5) is 7.86. The van der Waals surface area contributed by atoms with Gasteiger partial charge >= 0.3 is 0 Å². The number of aromatic nitrogens is 2. The van der Waals surface area contributed by atoms with E-state index in [4.69, 9.17) is 4.74 Å². The Morgan fingerprint density at radius 1 is 1.44 bits per heavy atom.